The van der Waals surface area contributed by atoms with Gasteiger partial charge < -0.3 is 5.11 Å². The fraction of sp³-hybridized carbons (Fsp3) is 0.429. The van der Waals surface area contributed by atoms with Crippen molar-refractivity contribution in [3.8, 4) is 0 Å². The van der Waals surface area contributed by atoms with Crippen LogP contribution in [0.3, 0.4) is 0 Å². The Balaban J connectivity index is 3.40. The topological polar surface area (TPSA) is 20.2 Å². The largest absolute Gasteiger partial charge is 0.396 e. The first kappa shape index (κ1) is 7.44. The molecule has 0 aliphatic heterocycles. The third-order valence-electron chi connectivity index (χ3n) is 0.917. The first-order valence-electron chi connectivity index (χ1n) is 2.71. The van der Waals surface area contributed by atoms with Crippen LogP contribution in [0.5, 0.6) is 0 Å². The molecule has 0 aliphatic rings. The molecular weight excluding hydrogens is 100 g/mol. The van der Waals surface area contributed by atoms with Crippen LogP contribution in [0.4, 0.5) is 0 Å². The molecule has 0 amide bonds. The zero-order valence-corrected chi connectivity index (χ0v) is 5.22. The van der Waals surface area contributed by atoms with E-state index in [1.807, 2.05) is 13.0 Å². The lowest BCUT2D eigenvalue weighted by molar-refractivity contribution is 0.302. The van der Waals surface area contributed by atoms with Crippen LogP contribution in [0.15, 0.2) is 24.3 Å². The van der Waals surface area contributed by atoms with E-state index in [0.29, 0.717) is 0 Å². The Kier molecular flexibility index (Phi) is 4.27. The molecule has 0 spiro atoms. The Hall–Kier alpha value is -0.560. The first-order chi connectivity index (χ1) is 3.81. The Labute approximate surface area is 50.3 Å². The lowest BCUT2D eigenvalue weighted by Gasteiger charge is -1.87. The van der Waals surface area contributed by atoms with Gasteiger partial charge in [0.05, 0.1) is 0 Å². The van der Waals surface area contributed by atoms with Crippen molar-refractivity contribution in [2.75, 3.05) is 6.61 Å². The summed E-state index contributed by atoms with van der Waals surface area (Å²) in [6.07, 6.45) is 4.46. The maximum atomic E-state index is 8.33. The van der Waals surface area contributed by atoms with Crippen LogP contribution in [0.2, 0.25) is 0 Å². The average molecular weight is 112 g/mol. The molecule has 0 atom stereocenters. The predicted molar refractivity (Wildman–Crippen MR) is 35.7 cm³/mol. The summed E-state index contributed by atoms with van der Waals surface area (Å²) in [5.41, 5.74) is 1.12. The second kappa shape index (κ2) is 4.60. The van der Waals surface area contributed by atoms with E-state index in [-0.39, 0.29) is 6.61 Å². The highest BCUT2D eigenvalue weighted by Crippen LogP contribution is 1.93. The highest BCUT2D eigenvalue weighted by molar-refractivity contribution is 5.12. The van der Waals surface area contributed by atoms with Gasteiger partial charge in [-0.2, -0.15) is 0 Å². The van der Waals surface area contributed by atoms with Gasteiger partial charge in [0.25, 0.3) is 0 Å². The van der Waals surface area contributed by atoms with E-state index < -0.39 is 0 Å². The summed E-state index contributed by atoms with van der Waals surface area (Å²) in [5.74, 6) is 0. The van der Waals surface area contributed by atoms with E-state index >= 15 is 0 Å². The van der Waals surface area contributed by atoms with Crippen molar-refractivity contribution in [1.29, 1.82) is 0 Å². The molecule has 0 aromatic rings. The van der Waals surface area contributed by atoms with Crippen molar-refractivity contribution in [3.05, 3.63) is 24.3 Å². The SMILES string of the molecule is C=CC(C)=CCCO. The smallest absolute Gasteiger partial charge is 0.0465 e. The lowest BCUT2D eigenvalue weighted by atomic mass is 10.2. The van der Waals surface area contributed by atoms with E-state index in [9.17, 15) is 0 Å². The van der Waals surface area contributed by atoms with E-state index in [1.165, 1.54) is 0 Å². The summed E-state index contributed by atoms with van der Waals surface area (Å²) in [6, 6.07) is 0. The summed E-state index contributed by atoms with van der Waals surface area (Å²) in [4.78, 5) is 0. The normalized spacial score (nSPS) is 11.5. The van der Waals surface area contributed by atoms with Gasteiger partial charge in [0.15, 0.2) is 0 Å². The molecule has 1 heteroatoms. The minimum Gasteiger partial charge on any atom is -0.396 e. The van der Waals surface area contributed by atoms with Gasteiger partial charge in [-0.3, -0.25) is 0 Å². The third kappa shape index (κ3) is 3.62. The number of aliphatic hydroxyl groups is 1. The average Bonchev–Trinajstić information content (AvgIpc) is 1.83. The monoisotopic (exact) mass is 112 g/mol. The second-order valence-electron chi connectivity index (χ2n) is 1.66. The van der Waals surface area contributed by atoms with Crippen LogP contribution >= 0.6 is 0 Å². The van der Waals surface area contributed by atoms with Crippen molar-refractivity contribution in [1.82, 2.24) is 0 Å². The molecule has 0 saturated carbocycles. The fourth-order valence-corrected chi connectivity index (χ4v) is 0.376. The van der Waals surface area contributed by atoms with E-state index in [1.54, 1.807) is 6.08 Å². The van der Waals surface area contributed by atoms with Crippen LogP contribution in [0.25, 0.3) is 0 Å². The molecule has 0 bridgehead atoms. The molecule has 0 aromatic heterocycles. The van der Waals surface area contributed by atoms with Crippen LogP contribution < -0.4 is 0 Å². The van der Waals surface area contributed by atoms with Crippen molar-refractivity contribution in [3.63, 3.8) is 0 Å². The molecule has 46 valence electrons. The maximum absolute atomic E-state index is 8.33. The molecular formula is C7H12O. The van der Waals surface area contributed by atoms with Gasteiger partial charge in [-0.1, -0.05) is 24.3 Å². The summed E-state index contributed by atoms with van der Waals surface area (Å²) < 4.78 is 0. The summed E-state index contributed by atoms with van der Waals surface area (Å²) in [5, 5.41) is 8.33. The molecule has 0 unspecified atom stereocenters. The number of aliphatic hydroxyl groups excluding tert-OH is 1. The summed E-state index contributed by atoms with van der Waals surface area (Å²) in [6.45, 7) is 5.75. The van der Waals surface area contributed by atoms with Crippen molar-refractivity contribution in [2.45, 2.75) is 13.3 Å². The Morgan fingerprint density at radius 3 is 2.75 bits per heavy atom. The number of hydrogen-bond donors (Lipinski definition) is 1. The van der Waals surface area contributed by atoms with Crippen LogP contribution in [-0.2, 0) is 0 Å². The van der Waals surface area contributed by atoms with Gasteiger partial charge >= 0.3 is 0 Å². The quantitative estimate of drug-likeness (QED) is 0.548. The number of hydrogen-bond acceptors (Lipinski definition) is 1. The second-order valence-corrected chi connectivity index (χ2v) is 1.66. The Morgan fingerprint density at radius 2 is 2.38 bits per heavy atom. The van der Waals surface area contributed by atoms with Gasteiger partial charge in [-0.15, -0.1) is 0 Å². The summed E-state index contributed by atoms with van der Waals surface area (Å²) >= 11 is 0. The van der Waals surface area contributed by atoms with Crippen LogP contribution in [-0.4, -0.2) is 11.7 Å². The number of rotatable bonds is 3. The minimum atomic E-state index is 0.227. The van der Waals surface area contributed by atoms with Crippen molar-refractivity contribution < 1.29 is 5.11 Å². The van der Waals surface area contributed by atoms with Crippen LogP contribution in [0.1, 0.15) is 13.3 Å². The molecule has 0 rings (SSSR count). The Bertz CT molecular complexity index is 92.6. The molecule has 0 aliphatic carbocycles. The third-order valence-corrected chi connectivity index (χ3v) is 0.917. The molecule has 1 N–H and O–H groups in total. The maximum Gasteiger partial charge on any atom is 0.0465 e. The minimum absolute atomic E-state index is 0.227. The van der Waals surface area contributed by atoms with E-state index in [2.05, 4.69) is 6.58 Å². The first-order valence-corrected chi connectivity index (χ1v) is 2.71. The predicted octanol–water partition coefficient (Wildman–Crippen LogP) is 1.50. The highest BCUT2D eigenvalue weighted by atomic mass is 16.2. The molecule has 0 saturated heterocycles. The van der Waals surface area contributed by atoms with E-state index in [4.69, 9.17) is 5.11 Å². The van der Waals surface area contributed by atoms with Gasteiger partial charge in [0.1, 0.15) is 0 Å². The van der Waals surface area contributed by atoms with E-state index in [0.717, 1.165) is 12.0 Å². The molecule has 0 radical (unpaired) electrons. The Morgan fingerprint density at radius 1 is 1.75 bits per heavy atom. The van der Waals surface area contributed by atoms with Crippen molar-refractivity contribution >= 4 is 0 Å². The molecule has 0 aromatic carbocycles. The molecule has 0 fully saturated rings. The van der Waals surface area contributed by atoms with Gasteiger partial charge in [-0.05, 0) is 13.3 Å². The van der Waals surface area contributed by atoms with Gasteiger partial charge in [-0.25, -0.2) is 0 Å². The summed E-state index contributed by atoms with van der Waals surface area (Å²) in [7, 11) is 0. The number of allylic oxidation sites excluding steroid dienone is 2. The molecule has 1 nitrogen and oxygen atoms in total. The standard InChI is InChI=1S/C7H12O/c1-3-7(2)5-4-6-8/h3,5,8H,1,4,6H2,2H3. The highest BCUT2D eigenvalue weighted by Gasteiger charge is 1.76. The van der Waals surface area contributed by atoms with Crippen LogP contribution in [0, 0.1) is 0 Å². The fourth-order valence-electron chi connectivity index (χ4n) is 0.376. The van der Waals surface area contributed by atoms with Crippen molar-refractivity contribution in [2.24, 2.45) is 0 Å². The zero-order chi connectivity index (χ0) is 6.41. The van der Waals surface area contributed by atoms with Gasteiger partial charge in [0.2, 0.25) is 0 Å². The molecule has 0 heterocycles. The van der Waals surface area contributed by atoms with Gasteiger partial charge in [0, 0.05) is 6.61 Å². The lowest BCUT2D eigenvalue weighted by Crippen LogP contribution is -1.76. The molecule has 8 heavy (non-hydrogen) atoms. The zero-order valence-electron chi connectivity index (χ0n) is 5.22.